The molecule has 2 saturated heterocycles. The van der Waals surface area contributed by atoms with E-state index in [0.29, 0.717) is 43.6 Å². The molecule has 0 aromatic carbocycles. The number of hydrogen-bond acceptors (Lipinski definition) is 10. The summed E-state index contributed by atoms with van der Waals surface area (Å²) in [4.78, 5) is 29.2. The smallest absolute Gasteiger partial charge is 0.328 e. The van der Waals surface area contributed by atoms with Crippen molar-refractivity contribution in [2.24, 2.45) is 5.73 Å². The minimum absolute atomic E-state index is 0.256. The maximum Gasteiger partial charge on any atom is 0.328 e. The normalized spacial score (nSPS) is 17.1. The van der Waals surface area contributed by atoms with Crippen molar-refractivity contribution in [1.29, 1.82) is 0 Å². The van der Waals surface area contributed by atoms with E-state index in [0.717, 1.165) is 42.8 Å². The van der Waals surface area contributed by atoms with Gasteiger partial charge in [-0.2, -0.15) is 0 Å². The van der Waals surface area contributed by atoms with Crippen molar-refractivity contribution in [3.8, 4) is 11.1 Å². The molecule has 2 aromatic heterocycles. The zero-order chi connectivity index (χ0) is 29.0. The van der Waals surface area contributed by atoms with Gasteiger partial charge in [0, 0.05) is 69.1 Å². The molecule has 11 nitrogen and oxygen atoms in total. The summed E-state index contributed by atoms with van der Waals surface area (Å²) in [6.45, 7) is 17.6. The van der Waals surface area contributed by atoms with Crippen LogP contribution in [0.3, 0.4) is 0 Å². The molecule has 0 spiro atoms. The molecule has 0 amide bonds. The molecular formula is C29H42N8O3. The number of hydrogen-bond donors (Lipinski definition) is 4. The van der Waals surface area contributed by atoms with Crippen LogP contribution in [0.15, 0.2) is 67.3 Å². The molecule has 5 N–H and O–H groups in total. The Morgan fingerprint density at radius 1 is 1.18 bits per heavy atom. The Balaban J connectivity index is 0.00000216. The lowest BCUT2D eigenvalue weighted by atomic mass is 9.94. The average molecular weight is 551 g/mol. The first-order chi connectivity index (χ1) is 19.4. The second-order valence-electron chi connectivity index (χ2n) is 9.46. The maximum absolute atomic E-state index is 11.7. The maximum atomic E-state index is 11.7. The fourth-order valence-electron chi connectivity index (χ4n) is 4.47. The largest absolute Gasteiger partial charge is 0.480 e. The number of ether oxygens (including phenoxy) is 1. The fraction of sp³-hybridized carbons (Fsp3) is 0.448. The van der Waals surface area contributed by atoms with Crippen LogP contribution in [-0.2, 0) is 9.53 Å². The molecule has 0 aliphatic carbocycles. The average Bonchev–Trinajstić information content (AvgIpc) is 2.94. The van der Waals surface area contributed by atoms with Crippen LogP contribution in [0.4, 0.5) is 11.8 Å². The van der Waals surface area contributed by atoms with Crippen molar-refractivity contribution in [2.45, 2.75) is 25.8 Å². The summed E-state index contributed by atoms with van der Waals surface area (Å²) in [5, 5.41) is 16.0. The summed E-state index contributed by atoms with van der Waals surface area (Å²) >= 11 is 0. The number of rotatable bonds is 13. The highest BCUT2D eigenvalue weighted by molar-refractivity contribution is 5.80. The summed E-state index contributed by atoms with van der Waals surface area (Å²) < 4.78 is 5.22. The van der Waals surface area contributed by atoms with E-state index in [4.69, 9.17) is 10.5 Å². The van der Waals surface area contributed by atoms with Gasteiger partial charge in [-0.25, -0.2) is 15.0 Å². The van der Waals surface area contributed by atoms with Crippen LogP contribution in [0, 0.1) is 0 Å². The van der Waals surface area contributed by atoms with E-state index in [1.165, 1.54) is 0 Å². The second kappa shape index (κ2) is 15.2. The van der Waals surface area contributed by atoms with Crippen LogP contribution >= 0.6 is 0 Å². The number of piperazine rings is 1. The van der Waals surface area contributed by atoms with Crippen LogP contribution in [-0.4, -0.2) is 100 Å². The van der Waals surface area contributed by atoms with Gasteiger partial charge in [0.05, 0.1) is 13.2 Å². The number of nitrogens with zero attached hydrogens (tertiary/aromatic N) is 5. The van der Waals surface area contributed by atoms with E-state index in [2.05, 4.69) is 43.6 Å². The predicted octanol–water partition coefficient (Wildman–Crippen LogP) is 2.83. The van der Waals surface area contributed by atoms with Gasteiger partial charge in [0.25, 0.3) is 0 Å². The molecule has 0 atom stereocenters. The highest BCUT2D eigenvalue weighted by Gasteiger charge is 2.51. The number of pyridine rings is 1. The Bertz CT molecular complexity index is 1160. The van der Waals surface area contributed by atoms with E-state index in [1.807, 2.05) is 43.0 Å². The lowest BCUT2D eigenvalue weighted by Gasteiger charge is -2.49. The van der Waals surface area contributed by atoms with Crippen molar-refractivity contribution < 1.29 is 14.6 Å². The molecule has 2 aliphatic rings. The third-order valence-corrected chi connectivity index (χ3v) is 6.78. The van der Waals surface area contributed by atoms with Gasteiger partial charge in [0.15, 0.2) is 5.54 Å². The molecule has 0 unspecified atom stereocenters. The molecule has 11 heteroatoms. The van der Waals surface area contributed by atoms with Gasteiger partial charge in [-0.3, -0.25) is 14.6 Å². The Kier molecular flexibility index (Phi) is 11.8. The van der Waals surface area contributed by atoms with Gasteiger partial charge in [0.2, 0.25) is 5.95 Å². The molecule has 0 bridgehead atoms. The number of carboxylic acid groups (broad SMARTS) is 1. The summed E-state index contributed by atoms with van der Waals surface area (Å²) in [6.07, 6.45) is 9.91. The van der Waals surface area contributed by atoms with Gasteiger partial charge in [-0.1, -0.05) is 33.1 Å². The van der Waals surface area contributed by atoms with Crippen LogP contribution in [0.5, 0.6) is 0 Å². The number of aromatic nitrogens is 3. The monoisotopic (exact) mass is 550 g/mol. The minimum atomic E-state index is -0.863. The zero-order valence-electron chi connectivity index (χ0n) is 23.6. The van der Waals surface area contributed by atoms with Crippen molar-refractivity contribution in [3.05, 3.63) is 67.3 Å². The van der Waals surface area contributed by atoms with Gasteiger partial charge in [0.1, 0.15) is 5.82 Å². The van der Waals surface area contributed by atoms with E-state index in [-0.39, 0.29) is 13.2 Å². The first-order valence-corrected chi connectivity index (χ1v) is 13.7. The van der Waals surface area contributed by atoms with Gasteiger partial charge in [-0.15, -0.1) is 0 Å². The number of nitrogens with two attached hydrogens (primary N) is 1. The number of carboxylic acids is 1. The van der Waals surface area contributed by atoms with Gasteiger partial charge >= 0.3 is 5.97 Å². The lowest BCUT2D eigenvalue weighted by Crippen LogP contribution is -2.70. The van der Waals surface area contributed by atoms with Crippen molar-refractivity contribution in [1.82, 2.24) is 24.8 Å². The summed E-state index contributed by atoms with van der Waals surface area (Å²) in [6, 6.07) is 3.83. The number of nitrogens with one attached hydrogen (secondary N) is 2. The van der Waals surface area contributed by atoms with Crippen LogP contribution in [0.1, 0.15) is 20.3 Å². The topological polar surface area (TPSA) is 142 Å². The van der Waals surface area contributed by atoms with Crippen LogP contribution in [0.2, 0.25) is 0 Å². The van der Waals surface area contributed by atoms with Crippen molar-refractivity contribution in [3.63, 3.8) is 0 Å². The van der Waals surface area contributed by atoms with E-state index in [1.54, 1.807) is 18.6 Å². The summed E-state index contributed by atoms with van der Waals surface area (Å²) in [7, 11) is 0. The third-order valence-electron chi connectivity index (χ3n) is 6.78. The minimum Gasteiger partial charge on any atom is -0.480 e. The van der Waals surface area contributed by atoms with E-state index < -0.39 is 11.5 Å². The van der Waals surface area contributed by atoms with Crippen molar-refractivity contribution >= 4 is 17.7 Å². The molecule has 2 fully saturated rings. The SMILES string of the molecule is C=C/C(=C\C(=C)Nc1cc(-c2cnc(NCCCN)nc2)ccn1)CN1CCN(C2(C(=O)O)COC2)CC1.CC. The zero-order valence-corrected chi connectivity index (χ0v) is 23.6. The quantitative estimate of drug-likeness (QED) is 0.216. The lowest BCUT2D eigenvalue weighted by molar-refractivity contribution is -0.190. The molecule has 2 aromatic rings. The molecule has 4 heterocycles. The molecule has 2 aliphatic heterocycles. The van der Waals surface area contributed by atoms with E-state index >= 15 is 0 Å². The van der Waals surface area contributed by atoms with Gasteiger partial charge in [-0.05, 0) is 42.3 Å². The number of aliphatic carboxylic acids is 1. The Morgan fingerprint density at radius 3 is 2.45 bits per heavy atom. The number of anilines is 2. The van der Waals surface area contributed by atoms with Gasteiger partial charge < -0.3 is 26.2 Å². The second-order valence-corrected chi connectivity index (χ2v) is 9.46. The van der Waals surface area contributed by atoms with Crippen LogP contribution < -0.4 is 16.4 Å². The van der Waals surface area contributed by atoms with Crippen LogP contribution in [0.25, 0.3) is 11.1 Å². The number of allylic oxidation sites excluding steroid dienone is 1. The van der Waals surface area contributed by atoms with E-state index in [9.17, 15) is 9.90 Å². The summed E-state index contributed by atoms with van der Waals surface area (Å²) in [5.74, 6) is 0.432. The molecule has 40 heavy (non-hydrogen) atoms. The molecule has 0 saturated carbocycles. The molecular weight excluding hydrogens is 508 g/mol. The third kappa shape index (κ3) is 7.95. The Hall–Kier alpha value is -3.64. The molecule has 4 rings (SSSR count). The molecule has 0 radical (unpaired) electrons. The highest BCUT2D eigenvalue weighted by atomic mass is 16.5. The summed E-state index contributed by atoms with van der Waals surface area (Å²) in [5.41, 5.74) is 8.17. The first kappa shape index (κ1) is 30.9. The first-order valence-electron chi connectivity index (χ1n) is 13.7. The van der Waals surface area contributed by atoms with Crippen molar-refractivity contribution in [2.75, 3.05) is 69.7 Å². The Morgan fingerprint density at radius 2 is 1.88 bits per heavy atom. The Labute approximate surface area is 236 Å². The standard InChI is InChI=1S/C27H36N8O3.C2H6/c1-3-21(17-34-9-11-35(12-10-34)27(25(36)37)18-38-19-27)13-20(2)33-24-14-22(5-8-29-24)23-15-31-26(32-16-23)30-7-4-6-28;1-2/h3,5,8,13-16H,1-2,4,6-7,9-12,17-19,28H2,(H,29,33)(H,36,37)(H,30,31,32);1-2H3/b21-13+;. The fourth-order valence-corrected chi connectivity index (χ4v) is 4.47. The highest BCUT2D eigenvalue weighted by Crippen LogP contribution is 2.27. The molecule has 216 valence electrons. The predicted molar refractivity (Wildman–Crippen MR) is 159 cm³/mol. The number of carbonyl (C=O) groups is 1.